The van der Waals surface area contributed by atoms with E-state index in [1.807, 2.05) is 24.3 Å². The molecule has 0 bridgehead atoms. The van der Waals surface area contributed by atoms with Gasteiger partial charge in [-0.25, -0.2) is 4.99 Å². The van der Waals surface area contributed by atoms with Gasteiger partial charge in [0.25, 0.3) is 5.91 Å². The second-order valence-corrected chi connectivity index (χ2v) is 3.85. The van der Waals surface area contributed by atoms with Gasteiger partial charge < -0.3 is 10.1 Å². The van der Waals surface area contributed by atoms with E-state index in [9.17, 15) is 4.79 Å². The first-order valence-corrected chi connectivity index (χ1v) is 5.41. The van der Waals surface area contributed by atoms with E-state index in [-0.39, 0.29) is 5.91 Å². The average molecular weight is 230 g/mol. The lowest BCUT2D eigenvalue weighted by molar-refractivity contribution is -0.112. The molecule has 1 aliphatic heterocycles. The predicted molar refractivity (Wildman–Crippen MR) is 67.2 cm³/mol. The molecule has 1 aromatic rings. The van der Waals surface area contributed by atoms with Gasteiger partial charge in [-0.3, -0.25) is 4.79 Å². The first-order valence-electron chi connectivity index (χ1n) is 5.41. The number of benzene rings is 1. The Hall–Kier alpha value is -2.10. The Morgan fingerprint density at radius 1 is 1.41 bits per heavy atom. The van der Waals surface area contributed by atoms with Crippen LogP contribution >= 0.6 is 0 Å². The highest BCUT2D eigenvalue weighted by molar-refractivity contribution is 6.03. The van der Waals surface area contributed by atoms with Gasteiger partial charge in [0.05, 0.1) is 6.54 Å². The van der Waals surface area contributed by atoms with E-state index in [2.05, 4.69) is 16.9 Å². The molecule has 1 N–H and O–H groups in total. The number of carbonyl (C=O) groups is 1. The Labute approximate surface area is 100 Å². The van der Waals surface area contributed by atoms with Crippen molar-refractivity contribution in [3.8, 4) is 0 Å². The first-order chi connectivity index (χ1) is 8.16. The number of ether oxygens (including phenoxy) is 1. The van der Waals surface area contributed by atoms with Gasteiger partial charge in [-0.15, -0.1) is 0 Å². The molecule has 1 amide bonds. The number of anilines is 1. The molecule has 0 spiro atoms. The van der Waals surface area contributed by atoms with Gasteiger partial charge in [0.15, 0.2) is 0 Å². The lowest BCUT2D eigenvalue weighted by Gasteiger charge is -2.06. The lowest BCUT2D eigenvalue weighted by atomic mass is 10.2. The summed E-state index contributed by atoms with van der Waals surface area (Å²) in [5, 5.41) is 2.74. The zero-order chi connectivity index (χ0) is 12.3. The normalized spacial score (nSPS) is 13.8. The molecular weight excluding hydrogens is 216 g/mol. The van der Waals surface area contributed by atoms with E-state index >= 15 is 0 Å². The average Bonchev–Trinajstić information content (AvgIpc) is 2.83. The largest absolute Gasteiger partial charge is 0.476 e. The van der Waals surface area contributed by atoms with Gasteiger partial charge in [-0.05, 0) is 31.2 Å². The third-order valence-electron chi connectivity index (χ3n) is 2.36. The van der Waals surface area contributed by atoms with Crippen molar-refractivity contribution >= 4 is 17.5 Å². The zero-order valence-corrected chi connectivity index (χ0v) is 9.69. The van der Waals surface area contributed by atoms with Crippen molar-refractivity contribution in [2.45, 2.75) is 6.92 Å². The van der Waals surface area contributed by atoms with Crippen molar-refractivity contribution in [2.75, 3.05) is 18.5 Å². The molecular formula is C13H14N2O2. The van der Waals surface area contributed by atoms with E-state index in [4.69, 9.17) is 4.74 Å². The van der Waals surface area contributed by atoms with Gasteiger partial charge in [-0.2, -0.15) is 0 Å². The van der Waals surface area contributed by atoms with Crippen molar-refractivity contribution in [1.82, 2.24) is 0 Å². The Kier molecular flexibility index (Phi) is 3.23. The van der Waals surface area contributed by atoms with Crippen LogP contribution in [0.5, 0.6) is 0 Å². The fourth-order valence-electron chi connectivity index (χ4n) is 1.44. The van der Waals surface area contributed by atoms with E-state index in [1.54, 1.807) is 6.92 Å². The summed E-state index contributed by atoms with van der Waals surface area (Å²) in [6.07, 6.45) is 0. The molecule has 0 fully saturated rings. The number of aliphatic imine (C=N–C) groups is 1. The van der Waals surface area contributed by atoms with E-state index in [0.29, 0.717) is 24.6 Å². The minimum Gasteiger partial charge on any atom is -0.476 e. The zero-order valence-electron chi connectivity index (χ0n) is 9.69. The smallest absolute Gasteiger partial charge is 0.250 e. The molecule has 2 rings (SSSR count). The predicted octanol–water partition coefficient (Wildman–Crippen LogP) is 1.98. The van der Waals surface area contributed by atoms with Crippen molar-refractivity contribution in [3.05, 3.63) is 42.0 Å². The summed E-state index contributed by atoms with van der Waals surface area (Å²) in [7, 11) is 0. The Morgan fingerprint density at radius 2 is 2.12 bits per heavy atom. The number of nitrogens with zero attached hydrogens (tertiary/aromatic N) is 1. The Bertz CT molecular complexity index is 475. The molecule has 1 heterocycles. The van der Waals surface area contributed by atoms with Crippen molar-refractivity contribution < 1.29 is 9.53 Å². The molecule has 1 aromatic carbocycles. The number of amides is 1. The maximum absolute atomic E-state index is 11.4. The van der Waals surface area contributed by atoms with Gasteiger partial charge in [-0.1, -0.05) is 6.58 Å². The number of hydrogen-bond acceptors (Lipinski definition) is 3. The van der Waals surface area contributed by atoms with E-state index in [1.165, 1.54) is 0 Å². The van der Waals surface area contributed by atoms with Crippen LogP contribution in [0.15, 0.2) is 41.4 Å². The van der Waals surface area contributed by atoms with Crippen LogP contribution in [0.2, 0.25) is 0 Å². The molecule has 0 unspecified atom stereocenters. The fourth-order valence-corrected chi connectivity index (χ4v) is 1.44. The van der Waals surface area contributed by atoms with Crippen molar-refractivity contribution in [3.63, 3.8) is 0 Å². The second kappa shape index (κ2) is 4.82. The van der Waals surface area contributed by atoms with Crippen LogP contribution in [0.3, 0.4) is 0 Å². The molecule has 1 aliphatic rings. The first kappa shape index (κ1) is 11.4. The van der Waals surface area contributed by atoms with Crippen LogP contribution in [0.4, 0.5) is 5.69 Å². The van der Waals surface area contributed by atoms with Crippen LogP contribution in [0.1, 0.15) is 12.5 Å². The van der Waals surface area contributed by atoms with Crippen LogP contribution in [-0.4, -0.2) is 25.0 Å². The summed E-state index contributed by atoms with van der Waals surface area (Å²) in [4.78, 5) is 15.6. The standard InChI is InChI=1S/C13H14N2O2/c1-9(2)12(16)15-11-5-3-10(4-6-11)13-14-7-8-17-13/h3-6H,1,7-8H2,2H3,(H,15,16). The topological polar surface area (TPSA) is 50.7 Å². The summed E-state index contributed by atoms with van der Waals surface area (Å²) in [6, 6.07) is 7.39. The Morgan fingerprint density at radius 3 is 2.65 bits per heavy atom. The maximum atomic E-state index is 11.4. The molecule has 0 saturated heterocycles. The van der Waals surface area contributed by atoms with Gasteiger partial charge in [0.2, 0.25) is 5.90 Å². The van der Waals surface area contributed by atoms with Gasteiger partial charge in [0, 0.05) is 16.8 Å². The second-order valence-electron chi connectivity index (χ2n) is 3.85. The van der Waals surface area contributed by atoms with Gasteiger partial charge >= 0.3 is 0 Å². The van der Waals surface area contributed by atoms with Crippen LogP contribution in [0, 0.1) is 0 Å². The fraction of sp³-hybridized carbons (Fsp3) is 0.231. The molecule has 0 aromatic heterocycles. The number of carbonyl (C=O) groups excluding carboxylic acids is 1. The number of nitrogens with one attached hydrogen (secondary N) is 1. The molecule has 0 atom stereocenters. The summed E-state index contributed by atoms with van der Waals surface area (Å²) in [6.45, 7) is 6.61. The monoisotopic (exact) mass is 230 g/mol. The minimum atomic E-state index is -0.174. The third kappa shape index (κ3) is 2.72. The van der Waals surface area contributed by atoms with Crippen LogP contribution in [0.25, 0.3) is 0 Å². The van der Waals surface area contributed by atoms with Crippen LogP contribution in [-0.2, 0) is 9.53 Å². The minimum absolute atomic E-state index is 0.174. The van der Waals surface area contributed by atoms with Crippen molar-refractivity contribution in [2.24, 2.45) is 4.99 Å². The quantitative estimate of drug-likeness (QED) is 0.807. The van der Waals surface area contributed by atoms with Crippen molar-refractivity contribution in [1.29, 1.82) is 0 Å². The van der Waals surface area contributed by atoms with Crippen LogP contribution < -0.4 is 5.32 Å². The summed E-state index contributed by atoms with van der Waals surface area (Å²) in [5.74, 6) is 0.495. The van der Waals surface area contributed by atoms with E-state index in [0.717, 1.165) is 11.3 Å². The summed E-state index contributed by atoms with van der Waals surface area (Å²) < 4.78 is 5.35. The molecule has 4 heteroatoms. The SMILES string of the molecule is C=C(C)C(=O)Nc1ccc(C2=NCCO2)cc1. The highest BCUT2D eigenvalue weighted by Gasteiger charge is 2.10. The molecule has 4 nitrogen and oxygen atoms in total. The van der Waals surface area contributed by atoms with E-state index < -0.39 is 0 Å². The maximum Gasteiger partial charge on any atom is 0.250 e. The number of hydrogen-bond donors (Lipinski definition) is 1. The molecule has 17 heavy (non-hydrogen) atoms. The highest BCUT2D eigenvalue weighted by atomic mass is 16.5. The summed E-state index contributed by atoms with van der Waals surface area (Å²) in [5.41, 5.74) is 2.15. The highest BCUT2D eigenvalue weighted by Crippen LogP contribution is 2.13. The number of rotatable bonds is 3. The third-order valence-corrected chi connectivity index (χ3v) is 2.36. The Balaban J connectivity index is 2.08. The molecule has 0 aliphatic carbocycles. The van der Waals surface area contributed by atoms with Gasteiger partial charge in [0.1, 0.15) is 6.61 Å². The molecule has 0 saturated carbocycles. The lowest BCUT2D eigenvalue weighted by Crippen LogP contribution is -2.11. The summed E-state index contributed by atoms with van der Waals surface area (Å²) >= 11 is 0. The molecule has 88 valence electrons. The molecule has 0 radical (unpaired) electrons.